The molecule has 1 aromatic carbocycles. The number of aromatic nitrogens is 1. The number of methoxy groups -OCH3 is 1. The second-order valence-electron chi connectivity index (χ2n) is 7.46. The van der Waals surface area contributed by atoms with Crippen molar-refractivity contribution in [2.45, 2.75) is 33.2 Å². The smallest absolute Gasteiger partial charge is 0.222 e. The lowest BCUT2D eigenvalue weighted by atomic mass is 10.1. The first-order valence-corrected chi connectivity index (χ1v) is 10.5. The van der Waals surface area contributed by atoms with Crippen LogP contribution in [0, 0.1) is 5.92 Å². The van der Waals surface area contributed by atoms with E-state index in [2.05, 4.69) is 24.1 Å². The van der Waals surface area contributed by atoms with Gasteiger partial charge in [-0.3, -0.25) is 9.69 Å². The van der Waals surface area contributed by atoms with Crippen molar-refractivity contribution in [3.05, 3.63) is 35.3 Å². The van der Waals surface area contributed by atoms with Gasteiger partial charge in [0, 0.05) is 50.1 Å². The summed E-state index contributed by atoms with van der Waals surface area (Å²) in [5, 5.41) is 3.18. The van der Waals surface area contributed by atoms with Gasteiger partial charge in [-0.1, -0.05) is 13.8 Å². The highest BCUT2D eigenvalue weighted by Crippen LogP contribution is 2.26. The van der Waals surface area contributed by atoms with E-state index in [0.29, 0.717) is 18.2 Å². The van der Waals surface area contributed by atoms with Crippen molar-refractivity contribution in [1.29, 1.82) is 0 Å². The molecule has 1 aliphatic rings. The fourth-order valence-corrected chi connectivity index (χ4v) is 4.02. The van der Waals surface area contributed by atoms with Crippen LogP contribution in [0.2, 0.25) is 0 Å². The van der Waals surface area contributed by atoms with E-state index in [1.54, 1.807) is 18.4 Å². The van der Waals surface area contributed by atoms with Crippen molar-refractivity contribution in [3.63, 3.8) is 0 Å². The van der Waals surface area contributed by atoms with Crippen LogP contribution in [-0.4, -0.2) is 54.0 Å². The highest BCUT2D eigenvalue weighted by atomic mass is 32.1. The molecular formula is C21H29N3O2S. The topological polar surface area (TPSA) is 45.7 Å². The lowest BCUT2D eigenvalue weighted by Gasteiger charge is -2.34. The van der Waals surface area contributed by atoms with E-state index in [1.807, 2.05) is 29.2 Å². The number of nitrogens with zero attached hydrogens (tertiary/aromatic N) is 3. The Morgan fingerprint density at radius 1 is 1.19 bits per heavy atom. The van der Waals surface area contributed by atoms with Crippen molar-refractivity contribution in [2.75, 3.05) is 33.3 Å². The van der Waals surface area contributed by atoms with Gasteiger partial charge in [-0.05, 0) is 36.6 Å². The third-order valence-electron chi connectivity index (χ3n) is 4.93. The number of hydrogen-bond donors (Lipinski definition) is 0. The zero-order valence-corrected chi connectivity index (χ0v) is 17.3. The molecule has 0 spiro atoms. The summed E-state index contributed by atoms with van der Waals surface area (Å²) >= 11 is 1.68. The largest absolute Gasteiger partial charge is 0.497 e. The minimum atomic E-state index is 0.304. The number of carbonyl (C=O) groups excluding carboxylic acids is 1. The van der Waals surface area contributed by atoms with E-state index in [0.717, 1.165) is 61.2 Å². The molecule has 5 nitrogen and oxygen atoms in total. The molecule has 1 fully saturated rings. The van der Waals surface area contributed by atoms with Gasteiger partial charge < -0.3 is 9.64 Å². The highest BCUT2D eigenvalue weighted by Gasteiger charge is 2.21. The summed E-state index contributed by atoms with van der Waals surface area (Å²) in [6, 6.07) is 8.02. The minimum Gasteiger partial charge on any atom is -0.497 e. The first-order valence-electron chi connectivity index (χ1n) is 9.64. The van der Waals surface area contributed by atoms with E-state index >= 15 is 0 Å². The molecule has 0 radical (unpaired) electrons. The average molecular weight is 388 g/mol. The third kappa shape index (κ3) is 5.53. The fraction of sp³-hybridized carbons (Fsp3) is 0.524. The van der Waals surface area contributed by atoms with Crippen LogP contribution in [0.15, 0.2) is 29.6 Å². The summed E-state index contributed by atoms with van der Waals surface area (Å²) in [5.74, 6) is 1.75. The fourth-order valence-electron chi connectivity index (χ4n) is 3.20. The number of amides is 1. The Bertz CT molecular complexity index is 734. The molecular weight excluding hydrogens is 358 g/mol. The number of rotatable bonds is 7. The summed E-state index contributed by atoms with van der Waals surface area (Å²) in [7, 11) is 1.67. The molecule has 0 unspecified atom stereocenters. The molecule has 0 N–H and O–H groups in total. The van der Waals surface area contributed by atoms with Crippen molar-refractivity contribution >= 4 is 17.2 Å². The van der Waals surface area contributed by atoms with Crippen LogP contribution in [0.25, 0.3) is 10.6 Å². The van der Waals surface area contributed by atoms with Crippen molar-refractivity contribution in [1.82, 2.24) is 14.8 Å². The molecule has 1 aromatic heterocycles. The maximum Gasteiger partial charge on any atom is 0.222 e. The van der Waals surface area contributed by atoms with E-state index in [9.17, 15) is 4.79 Å². The second kappa shape index (κ2) is 9.33. The Labute approximate surface area is 166 Å². The van der Waals surface area contributed by atoms with Crippen LogP contribution in [0.1, 0.15) is 32.4 Å². The molecule has 146 valence electrons. The highest BCUT2D eigenvalue weighted by molar-refractivity contribution is 7.13. The first kappa shape index (κ1) is 19.8. The second-order valence-corrected chi connectivity index (χ2v) is 8.32. The summed E-state index contributed by atoms with van der Waals surface area (Å²) in [6.07, 6.45) is 1.65. The lowest BCUT2D eigenvalue weighted by molar-refractivity contribution is -0.133. The molecule has 3 rings (SSSR count). The van der Waals surface area contributed by atoms with Crippen LogP contribution in [0.4, 0.5) is 0 Å². The van der Waals surface area contributed by atoms with E-state index in [-0.39, 0.29) is 0 Å². The predicted molar refractivity (Wildman–Crippen MR) is 110 cm³/mol. The Morgan fingerprint density at radius 2 is 1.89 bits per heavy atom. The van der Waals surface area contributed by atoms with Crippen LogP contribution < -0.4 is 4.74 Å². The summed E-state index contributed by atoms with van der Waals surface area (Å²) < 4.78 is 5.21. The third-order valence-corrected chi connectivity index (χ3v) is 5.88. The van der Waals surface area contributed by atoms with Gasteiger partial charge in [0.2, 0.25) is 5.91 Å². The number of carbonyl (C=O) groups is 1. The SMILES string of the molecule is COc1ccc(-c2nc(CN3CCN(C(=O)CCC(C)C)CC3)cs2)cc1. The van der Waals surface area contributed by atoms with Crippen LogP contribution in [-0.2, 0) is 11.3 Å². The maximum absolute atomic E-state index is 12.3. The molecule has 0 atom stereocenters. The number of ether oxygens (including phenoxy) is 1. The summed E-state index contributed by atoms with van der Waals surface area (Å²) in [6.45, 7) is 8.67. The van der Waals surface area contributed by atoms with Crippen LogP contribution in [0.3, 0.4) is 0 Å². The Kier molecular flexibility index (Phi) is 6.85. The van der Waals surface area contributed by atoms with Gasteiger partial charge in [0.25, 0.3) is 0 Å². The van der Waals surface area contributed by atoms with Gasteiger partial charge in [-0.15, -0.1) is 11.3 Å². The molecule has 0 saturated carbocycles. The standard InChI is InChI=1S/C21H29N3O2S/c1-16(2)4-9-20(25)24-12-10-23(11-13-24)14-18-15-27-21(22-18)17-5-7-19(26-3)8-6-17/h5-8,15-16H,4,9-14H2,1-3H3. The molecule has 0 aliphatic carbocycles. The first-order chi connectivity index (χ1) is 13.0. The van der Waals surface area contributed by atoms with Gasteiger partial charge in [-0.25, -0.2) is 4.98 Å². The van der Waals surface area contributed by atoms with E-state index in [1.165, 1.54) is 0 Å². The van der Waals surface area contributed by atoms with E-state index in [4.69, 9.17) is 9.72 Å². The normalized spacial score (nSPS) is 15.3. The van der Waals surface area contributed by atoms with Gasteiger partial charge >= 0.3 is 0 Å². The van der Waals surface area contributed by atoms with Gasteiger partial charge in [0.05, 0.1) is 12.8 Å². The van der Waals surface area contributed by atoms with Gasteiger partial charge in [0.15, 0.2) is 0 Å². The number of benzene rings is 1. The molecule has 1 amide bonds. The molecule has 2 aromatic rings. The predicted octanol–water partition coefficient (Wildman–Crippen LogP) is 3.90. The van der Waals surface area contributed by atoms with Gasteiger partial charge in [0.1, 0.15) is 10.8 Å². The molecule has 27 heavy (non-hydrogen) atoms. The summed E-state index contributed by atoms with van der Waals surface area (Å²) in [4.78, 5) is 21.5. The Morgan fingerprint density at radius 3 is 2.52 bits per heavy atom. The van der Waals surface area contributed by atoms with Crippen LogP contribution in [0.5, 0.6) is 5.75 Å². The minimum absolute atomic E-state index is 0.304. The zero-order chi connectivity index (χ0) is 19.2. The molecule has 2 heterocycles. The zero-order valence-electron chi connectivity index (χ0n) is 16.5. The number of thiazole rings is 1. The average Bonchev–Trinajstić information content (AvgIpc) is 3.15. The number of hydrogen-bond acceptors (Lipinski definition) is 5. The van der Waals surface area contributed by atoms with Crippen molar-refractivity contribution in [3.8, 4) is 16.3 Å². The lowest BCUT2D eigenvalue weighted by Crippen LogP contribution is -2.48. The van der Waals surface area contributed by atoms with Crippen molar-refractivity contribution < 1.29 is 9.53 Å². The molecule has 1 aliphatic heterocycles. The maximum atomic E-state index is 12.3. The quantitative estimate of drug-likeness (QED) is 0.723. The molecule has 0 bridgehead atoms. The Balaban J connectivity index is 1.49. The van der Waals surface area contributed by atoms with Crippen molar-refractivity contribution in [2.24, 2.45) is 5.92 Å². The summed E-state index contributed by atoms with van der Waals surface area (Å²) in [5.41, 5.74) is 2.22. The Hall–Kier alpha value is -1.92. The molecule has 1 saturated heterocycles. The monoisotopic (exact) mass is 387 g/mol. The van der Waals surface area contributed by atoms with Crippen LogP contribution >= 0.6 is 11.3 Å². The number of piperazine rings is 1. The van der Waals surface area contributed by atoms with Gasteiger partial charge in [-0.2, -0.15) is 0 Å². The van der Waals surface area contributed by atoms with E-state index < -0.39 is 0 Å². The molecule has 6 heteroatoms.